The first-order chi connectivity index (χ1) is 13.5. The third kappa shape index (κ3) is 3.14. The van der Waals surface area contributed by atoms with Crippen LogP contribution in [0.15, 0.2) is 54.6 Å². The van der Waals surface area contributed by atoms with E-state index in [0.717, 1.165) is 16.9 Å². The largest absolute Gasteiger partial charge is 0.497 e. The summed E-state index contributed by atoms with van der Waals surface area (Å²) in [6.45, 7) is 1.58. The molecule has 2 aromatic carbocycles. The van der Waals surface area contributed by atoms with Crippen LogP contribution < -0.4 is 4.74 Å². The molecule has 28 heavy (non-hydrogen) atoms. The molecule has 5 heteroatoms. The van der Waals surface area contributed by atoms with Crippen molar-refractivity contribution < 1.29 is 9.53 Å². The van der Waals surface area contributed by atoms with Crippen molar-refractivity contribution in [3.63, 3.8) is 0 Å². The Bertz CT molecular complexity index is 979. The van der Waals surface area contributed by atoms with Crippen LogP contribution in [-0.2, 0) is 4.79 Å². The molecule has 0 amide bonds. The molecule has 0 saturated carbocycles. The standard InChI is InChI=1S/C23H21BClNO2/c1-14-11-17(28-2)7-8-18(14)19-9-10-20-21(12-24(13-26)23(20)27)22(19)15-3-5-16(25)6-4-15/h3-11,19-22H,12H2,1-2H3. The predicted molar refractivity (Wildman–Crippen MR) is 112 cm³/mol. The average molecular weight is 390 g/mol. The fourth-order valence-electron chi connectivity index (χ4n) is 4.91. The molecule has 1 heterocycles. The lowest BCUT2D eigenvalue weighted by molar-refractivity contribution is -0.114. The fraction of sp³-hybridized carbons (Fsp3) is 0.304. The zero-order valence-electron chi connectivity index (χ0n) is 15.9. The van der Waals surface area contributed by atoms with Crippen LogP contribution in [-0.4, -0.2) is 19.5 Å². The van der Waals surface area contributed by atoms with Crippen LogP contribution in [0.2, 0.25) is 11.3 Å². The number of fused-ring (bicyclic) bond motifs is 1. The van der Waals surface area contributed by atoms with Gasteiger partial charge in [0, 0.05) is 22.8 Å². The molecule has 4 unspecified atom stereocenters. The monoisotopic (exact) mass is 389 g/mol. The number of rotatable bonds is 3. The van der Waals surface area contributed by atoms with Gasteiger partial charge in [0.05, 0.1) is 7.11 Å². The lowest BCUT2D eigenvalue weighted by Crippen LogP contribution is -2.28. The number of hydrogen-bond acceptors (Lipinski definition) is 3. The summed E-state index contributed by atoms with van der Waals surface area (Å²) in [6.07, 6.45) is 4.81. The molecule has 2 aromatic rings. The second kappa shape index (κ2) is 7.49. The maximum atomic E-state index is 12.7. The van der Waals surface area contributed by atoms with Crippen LogP contribution in [0.25, 0.3) is 0 Å². The zero-order valence-corrected chi connectivity index (χ0v) is 16.7. The lowest BCUT2D eigenvalue weighted by atomic mass is 9.48. The van der Waals surface area contributed by atoms with Crippen LogP contribution >= 0.6 is 11.6 Å². The summed E-state index contributed by atoms with van der Waals surface area (Å²) in [7, 11) is 1.67. The number of methoxy groups -OCH3 is 1. The second-order valence-electron chi connectivity index (χ2n) is 7.72. The van der Waals surface area contributed by atoms with Gasteiger partial charge in [0.25, 0.3) is 0 Å². The summed E-state index contributed by atoms with van der Waals surface area (Å²) in [4.78, 5) is 12.7. The van der Waals surface area contributed by atoms with E-state index in [-0.39, 0.29) is 29.4 Å². The van der Waals surface area contributed by atoms with Gasteiger partial charge in [0.2, 0.25) is 0 Å². The zero-order chi connectivity index (χ0) is 19.8. The van der Waals surface area contributed by atoms with Crippen LogP contribution in [0.4, 0.5) is 0 Å². The van der Waals surface area contributed by atoms with Crippen LogP contribution in [0.3, 0.4) is 0 Å². The van der Waals surface area contributed by atoms with Gasteiger partial charge in [-0.25, -0.2) is 5.26 Å². The molecule has 2 aliphatic rings. The van der Waals surface area contributed by atoms with Gasteiger partial charge < -0.3 is 9.53 Å². The number of nitriles is 1. The summed E-state index contributed by atoms with van der Waals surface area (Å²) in [5.41, 5.74) is 3.61. The molecule has 1 fully saturated rings. The molecule has 1 saturated heterocycles. The third-order valence-electron chi connectivity index (χ3n) is 6.26. The van der Waals surface area contributed by atoms with Gasteiger partial charge >= 0.3 is 6.71 Å². The Morgan fingerprint density at radius 2 is 1.86 bits per heavy atom. The Kier molecular flexibility index (Phi) is 5.04. The van der Waals surface area contributed by atoms with Gasteiger partial charge in [0.15, 0.2) is 0 Å². The number of aryl methyl sites for hydroxylation is 1. The van der Waals surface area contributed by atoms with Crippen molar-refractivity contribution >= 4 is 24.0 Å². The van der Waals surface area contributed by atoms with E-state index in [0.29, 0.717) is 11.3 Å². The maximum Gasteiger partial charge on any atom is 0.345 e. The van der Waals surface area contributed by atoms with Crippen molar-refractivity contribution in [3.8, 4) is 11.7 Å². The molecular weight excluding hydrogens is 369 g/mol. The van der Waals surface area contributed by atoms with Crippen molar-refractivity contribution in [1.29, 1.82) is 5.26 Å². The third-order valence-corrected chi connectivity index (χ3v) is 6.51. The highest BCUT2D eigenvalue weighted by atomic mass is 35.5. The minimum absolute atomic E-state index is 0.0626. The first-order valence-electron chi connectivity index (χ1n) is 9.55. The minimum atomic E-state index is -0.509. The van der Waals surface area contributed by atoms with Crippen LogP contribution in [0.1, 0.15) is 28.5 Å². The van der Waals surface area contributed by atoms with Crippen molar-refractivity contribution in [3.05, 3.63) is 76.3 Å². The highest BCUT2D eigenvalue weighted by Gasteiger charge is 2.50. The summed E-state index contributed by atoms with van der Waals surface area (Å²) in [5, 5.41) is 10.1. The Hall–Kier alpha value is -2.51. The number of benzene rings is 2. The van der Waals surface area contributed by atoms with Gasteiger partial charge in [-0.05, 0) is 66.0 Å². The topological polar surface area (TPSA) is 50.1 Å². The molecule has 0 bridgehead atoms. The molecule has 4 atom stereocenters. The minimum Gasteiger partial charge on any atom is -0.497 e. The number of nitrogens with zero attached hydrogens (tertiary/aromatic N) is 1. The summed E-state index contributed by atoms with van der Waals surface area (Å²) in [6, 6.07) is 14.1. The van der Waals surface area contributed by atoms with E-state index in [1.54, 1.807) is 7.11 Å². The van der Waals surface area contributed by atoms with Gasteiger partial charge in [-0.2, -0.15) is 0 Å². The highest BCUT2D eigenvalue weighted by molar-refractivity contribution is 6.97. The van der Waals surface area contributed by atoms with Crippen LogP contribution in [0, 0.1) is 30.0 Å². The molecule has 0 spiro atoms. The first-order valence-corrected chi connectivity index (χ1v) is 9.93. The van der Waals surface area contributed by atoms with E-state index in [1.807, 2.05) is 30.3 Å². The molecule has 140 valence electrons. The summed E-state index contributed by atoms with van der Waals surface area (Å²) < 4.78 is 5.36. The summed E-state index contributed by atoms with van der Waals surface area (Å²) in [5.74, 6) is 3.25. The Balaban J connectivity index is 1.82. The van der Waals surface area contributed by atoms with E-state index in [9.17, 15) is 10.1 Å². The molecule has 0 radical (unpaired) electrons. The number of carbonyl (C=O) groups excluding carboxylic acids is 1. The SMILES string of the molecule is COc1ccc(C2C=CC3C(=O)B(C#N)CC3C2c2ccc(Cl)cc2)c(C)c1. The second-order valence-corrected chi connectivity index (χ2v) is 8.16. The Morgan fingerprint density at radius 1 is 1.14 bits per heavy atom. The van der Waals surface area contributed by atoms with E-state index < -0.39 is 6.71 Å². The highest BCUT2D eigenvalue weighted by Crippen LogP contribution is 2.52. The molecule has 3 nitrogen and oxygen atoms in total. The number of hydrogen-bond donors (Lipinski definition) is 0. The number of halogens is 1. The smallest absolute Gasteiger partial charge is 0.345 e. The van der Waals surface area contributed by atoms with Crippen LogP contribution in [0.5, 0.6) is 5.75 Å². The van der Waals surface area contributed by atoms with Crippen molar-refractivity contribution in [2.75, 3.05) is 7.11 Å². The van der Waals surface area contributed by atoms with Gasteiger partial charge in [0.1, 0.15) is 11.4 Å². The number of carbonyl (C=O) groups is 1. The van der Waals surface area contributed by atoms with E-state index in [2.05, 4.69) is 37.2 Å². The van der Waals surface area contributed by atoms with Crippen molar-refractivity contribution in [2.45, 2.75) is 25.1 Å². The molecule has 0 aromatic heterocycles. The first kappa shape index (κ1) is 18.8. The number of allylic oxidation sites excluding steroid dienone is 2. The molecule has 1 aliphatic carbocycles. The Morgan fingerprint density at radius 3 is 2.50 bits per heavy atom. The molecule has 4 rings (SSSR count). The van der Waals surface area contributed by atoms with Crippen molar-refractivity contribution in [1.82, 2.24) is 0 Å². The van der Waals surface area contributed by atoms with E-state index in [4.69, 9.17) is 16.3 Å². The normalized spacial score (nSPS) is 26.1. The van der Waals surface area contributed by atoms with Gasteiger partial charge in [-0.15, -0.1) is 0 Å². The molecular formula is C23H21BClNO2. The quantitative estimate of drug-likeness (QED) is 0.548. The maximum absolute atomic E-state index is 12.7. The van der Waals surface area contributed by atoms with Crippen molar-refractivity contribution in [2.24, 2.45) is 11.8 Å². The van der Waals surface area contributed by atoms with E-state index in [1.165, 1.54) is 5.56 Å². The van der Waals surface area contributed by atoms with Gasteiger partial charge in [-0.3, -0.25) is 0 Å². The summed E-state index contributed by atoms with van der Waals surface area (Å²) >= 11 is 6.12. The van der Waals surface area contributed by atoms with E-state index >= 15 is 0 Å². The fourth-order valence-corrected chi connectivity index (χ4v) is 5.04. The molecule has 1 aliphatic heterocycles. The molecule has 0 N–H and O–H groups in total. The average Bonchev–Trinajstić information content (AvgIpc) is 3.04. The Labute approximate surface area is 171 Å². The number of ether oxygens (including phenoxy) is 1. The lowest BCUT2D eigenvalue weighted by Gasteiger charge is -2.37. The predicted octanol–water partition coefficient (Wildman–Crippen LogP) is 5.01. The van der Waals surface area contributed by atoms with Gasteiger partial charge in [-0.1, -0.05) is 42.0 Å².